The summed E-state index contributed by atoms with van der Waals surface area (Å²) < 4.78 is 32.8. The third-order valence-electron chi connectivity index (χ3n) is 13.1. The van der Waals surface area contributed by atoms with Crippen LogP contribution in [0.2, 0.25) is 0 Å². The molecule has 0 aliphatic heterocycles. The van der Waals surface area contributed by atoms with Crippen molar-refractivity contribution in [3.05, 3.63) is 105 Å². The Hall–Kier alpha value is -7.87. The number of aromatic nitrogens is 6. The van der Waals surface area contributed by atoms with Crippen molar-refractivity contribution in [2.24, 2.45) is 16.6 Å². The summed E-state index contributed by atoms with van der Waals surface area (Å²) in [6, 6.07) is 21.1. The highest BCUT2D eigenvalue weighted by Crippen LogP contribution is 2.42. The molecule has 0 fully saturated rings. The predicted octanol–water partition coefficient (Wildman–Crippen LogP) is 10.9. The van der Waals surface area contributed by atoms with E-state index >= 15 is 0 Å². The van der Waals surface area contributed by atoms with E-state index in [-0.39, 0.29) is 35.2 Å². The first-order valence-electron chi connectivity index (χ1n) is 28.4. The maximum atomic E-state index is 12.5. The van der Waals surface area contributed by atoms with E-state index in [4.69, 9.17) is 50.9 Å². The van der Waals surface area contributed by atoms with Crippen LogP contribution in [0.15, 0.2) is 60.7 Å². The molecule has 0 saturated carbocycles. The number of nitrogens with zero attached hydrogens (tertiary/aromatic N) is 6. The zero-order valence-corrected chi connectivity index (χ0v) is 49.5. The molecule has 0 atom stereocenters. The van der Waals surface area contributed by atoms with Gasteiger partial charge in [0.2, 0.25) is 35.7 Å². The minimum absolute atomic E-state index is 0.0320. The number of nitrogens with two attached hydrogens (primary N) is 3. The van der Waals surface area contributed by atoms with Gasteiger partial charge in [-0.15, -0.1) is 0 Å². The number of rotatable bonds is 25. The third-order valence-corrected chi connectivity index (χ3v) is 13.1. The minimum Gasteiger partial charge on any atom is -0.493 e. The predicted molar refractivity (Wildman–Crippen MR) is 323 cm³/mol. The average molecular weight is 1110 g/mol. The summed E-state index contributed by atoms with van der Waals surface area (Å²) in [7, 11) is 0. The van der Waals surface area contributed by atoms with E-state index in [1.165, 1.54) is 0 Å². The van der Waals surface area contributed by atoms with E-state index in [1.54, 1.807) is 0 Å². The van der Waals surface area contributed by atoms with E-state index in [1.807, 2.05) is 34.6 Å². The van der Waals surface area contributed by atoms with E-state index in [9.17, 15) is 4.79 Å². The highest BCUT2D eigenvalue weighted by molar-refractivity contribution is 5.68. The molecule has 20 heteroatoms. The highest BCUT2D eigenvalue weighted by Gasteiger charge is 2.26. The molecule has 0 saturated heterocycles. The molecule has 2 heterocycles. The number of carbonyl (C=O) groups is 1. The Morgan fingerprint density at radius 1 is 0.481 bits per heavy atom. The lowest BCUT2D eigenvalue weighted by atomic mass is 9.90. The third kappa shape index (κ3) is 17.6. The first kappa shape index (κ1) is 60.8. The van der Waals surface area contributed by atoms with Crippen LogP contribution in [0, 0.1) is 10.8 Å². The second-order valence-electron chi connectivity index (χ2n) is 23.2. The summed E-state index contributed by atoms with van der Waals surface area (Å²) in [5.74, 6) is 4.43. The topological polar surface area (TPSA) is 279 Å². The van der Waals surface area contributed by atoms with Gasteiger partial charge in [-0.3, -0.25) is 0 Å². The number of nitrogens with one attached hydrogen (secondary N) is 5. The SMILES string of the molecule is CCCOc1c2cccc1Cc1cc(Nc3nc(N)nc(NCC(C)(C)CNC(=O)OC(C)(C)C)n3)cc(c1OCCC)Cc1cccc(c1OCCC)Cc1cc(Nc3nc(N)nc(NCC(C)(C)CN)n3)cc(c1OCCC)C2. The lowest BCUT2D eigenvalue weighted by molar-refractivity contribution is 0.0508. The van der Waals surface area contributed by atoms with Gasteiger partial charge in [-0.25, -0.2) is 4.79 Å². The van der Waals surface area contributed by atoms with Crippen LogP contribution in [-0.4, -0.2) is 94.2 Å². The van der Waals surface area contributed by atoms with E-state index < -0.39 is 17.1 Å². The van der Waals surface area contributed by atoms with Crippen molar-refractivity contribution in [1.82, 2.24) is 35.2 Å². The molecule has 20 nitrogen and oxygen atoms in total. The van der Waals surface area contributed by atoms with E-state index in [0.717, 1.165) is 105 Å². The van der Waals surface area contributed by atoms with Gasteiger partial charge in [0.15, 0.2) is 0 Å². The first-order valence-corrected chi connectivity index (χ1v) is 28.4. The Labute approximate surface area is 478 Å². The monoisotopic (exact) mass is 1110 g/mol. The van der Waals surface area contributed by atoms with Gasteiger partial charge in [0, 0.05) is 78.9 Å². The van der Waals surface area contributed by atoms with Gasteiger partial charge in [0.05, 0.1) is 26.4 Å². The normalized spacial score (nSPS) is 12.5. The number of hydrogen-bond acceptors (Lipinski definition) is 19. The summed E-state index contributed by atoms with van der Waals surface area (Å²) in [5, 5.41) is 16.5. The number of benzene rings is 4. The lowest BCUT2D eigenvalue weighted by Gasteiger charge is -2.27. The van der Waals surface area contributed by atoms with Crippen LogP contribution < -0.4 is 62.7 Å². The molecule has 1 aliphatic rings. The molecule has 1 amide bonds. The Balaban J connectivity index is 1.35. The van der Waals surface area contributed by atoms with Crippen molar-refractivity contribution >= 4 is 53.2 Å². The van der Waals surface area contributed by atoms with Gasteiger partial charge in [-0.1, -0.05) is 91.8 Å². The molecule has 8 bridgehead atoms. The van der Waals surface area contributed by atoms with E-state index in [2.05, 4.69) is 149 Å². The molecule has 2 aromatic heterocycles. The minimum atomic E-state index is -0.613. The molecule has 0 radical (unpaired) electrons. The molecule has 1 aliphatic carbocycles. The highest BCUT2D eigenvalue weighted by atomic mass is 16.6. The number of anilines is 8. The van der Waals surface area contributed by atoms with Gasteiger partial charge in [-0.05, 0) is 110 Å². The van der Waals surface area contributed by atoms with Crippen LogP contribution >= 0.6 is 0 Å². The molecule has 6 aromatic rings. The molecular weight excluding hydrogens is 1020 g/mol. The summed E-state index contributed by atoms with van der Waals surface area (Å²) in [6.07, 6.45) is 4.58. The number of fused-ring (bicyclic) bond motifs is 8. The van der Waals surface area contributed by atoms with Crippen LogP contribution in [0.5, 0.6) is 23.0 Å². The maximum Gasteiger partial charge on any atom is 0.407 e. The van der Waals surface area contributed by atoms with Crippen molar-refractivity contribution < 1.29 is 28.5 Å². The molecular formula is C61H86N14O6. The summed E-state index contributed by atoms with van der Waals surface area (Å²) in [5.41, 5.74) is 26.7. The van der Waals surface area contributed by atoms with E-state index in [0.29, 0.717) is 84.2 Å². The average Bonchev–Trinajstić information content (AvgIpc) is 3.42. The summed E-state index contributed by atoms with van der Waals surface area (Å²) >= 11 is 0. The molecule has 0 spiro atoms. The van der Waals surface area contributed by atoms with Crippen molar-refractivity contribution in [3.63, 3.8) is 0 Å². The van der Waals surface area contributed by atoms with Crippen molar-refractivity contribution in [2.45, 2.75) is 133 Å². The van der Waals surface area contributed by atoms with Crippen LogP contribution in [0.25, 0.3) is 0 Å². The number of amides is 1. The largest absolute Gasteiger partial charge is 0.493 e. The number of nitrogen functional groups attached to an aromatic ring is 2. The number of ether oxygens (including phenoxy) is 5. The zero-order chi connectivity index (χ0) is 58.3. The fourth-order valence-electron chi connectivity index (χ4n) is 9.10. The van der Waals surface area contributed by atoms with Crippen molar-refractivity contribution in [1.29, 1.82) is 0 Å². The van der Waals surface area contributed by atoms with Crippen molar-refractivity contribution in [3.8, 4) is 23.0 Å². The van der Waals surface area contributed by atoms with Crippen LogP contribution in [0.4, 0.5) is 51.9 Å². The molecule has 0 unspecified atom stereocenters. The smallest absolute Gasteiger partial charge is 0.407 e. The second kappa shape index (κ2) is 27.5. The number of alkyl carbamates (subject to hydrolysis) is 1. The van der Waals surface area contributed by atoms with Crippen LogP contribution in [0.3, 0.4) is 0 Å². The molecule has 4 aromatic carbocycles. The fraction of sp³-hybridized carbons (Fsp3) is 0.492. The van der Waals surface area contributed by atoms with Crippen molar-refractivity contribution in [2.75, 3.05) is 85.3 Å². The quantitative estimate of drug-likeness (QED) is 0.0264. The number of hydrogen-bond donors (Lipinski definition) is 8. The first-order chi connectivity index (χ1) is 38.7. The number of para-hydroxylation sites is 2. The Morgan fingerprint density at radius 3 is 1.15 bits per heavy atom. The summed E-state index contributed by atoms with van der Waals surface area (Å²) in [4.78, 5) is 39.9. The Kier molecular flexibility index (Phi) is 20.7. The van der Waals surface area contributed by atoms with Gasteiger partial charge in [-0.2, -0.15) is 29.9 Å². The number of carbonyl (C=O) groups excluding carboxylic acids is 1. The van der Waals surface area contributed by atoms with Crippen LogP contribution in [0.1, 0.15) is 146 Å². The fourth-order valence-corrected chi connectivity index (χ4v) is 9.10. The van der Waals surface area contributed by atoms with Gasteiger partial charge in [0.25, 0.3) is 0 Å². The molecule has 11 N–H and O–H groups in total. The Morgan fingerprint density at radius 2 is 0.815 bits per heavy atom. The maximum absolute atomic E-state index is 12.5. The van der Waals surface area contributed by atoms with Gasteiger partial charge < -0.3 is 67.5 Å². The summed E-state index contributed by atoms with van der Waals surface area (Å²) in [6.45, 7) is 25.9. The molecule has 7 rings (SSSR count). The van der Waals surface area contributed by atoms with Gasteiger partial charge in [0.1, 0.15) is 28.6 Å². The van der Waals surface area contributed by atoms with Gasteiger partial charge >= 0.3 is 6.09 Å². The second-order valence-corrected chi connectivity index (χ2v) is 23.2. The standard InChI is InChI=1S/C61H86N14O6/c1-12-22-77-48-38-18-16-20-40(48)28-44-32-47(69-57-73-53(64)71-55(75-57)66-36-61(10,11)37-67-58(76)81-59(5,6)7)33-45(51(44)80-25-15-4)29-41-21-17-19-39(49(41)78-23-13-2)27-43-31-46(30-42(26-38)50(43)79-24-14-3)68-56-72-52(63)70-54(74-56)65-35-60(8,9)34-62/h16-21,30-33H,12-15,22-29,34-37,62H2,1-11H3,(H,67,76)(H4,63,65,68,70,72,74)(H4,64,66,69,71,73,75). The molecule has 436 valence electrons. The van der Waals surface area contributed by atoms with Crippen LogP contribution in [-0.2, 0) is 30.4 Å². The lowest BCUT2D eigenvalue weighted by Crippen LogP contribution is -2.40. The Bertz CT molecular complexity index is 2980. The molecule has 81 heavy (non-hydrogen) atoms. The zero-order valence-electron chi connectivity index (χ0n) is 49.5.